The Bertz CT molecular complexity index is 502. The van der Waals surface area contributed by atoms with Crippen LogP contribution in [0.3, 0.4) is 0 Å². The number of para-hydroxylation sites is 1. The molecule has 2 nitrogen and oxygen atoms in total. The molecular weight excluding hydrogens is 232 g/mol. The summed E-state index contributed by atoms with van der Waals surface area (Å²) in [5.74, 6) is 0. The van der Waals surface area contributed by atoms with E-state index in [-0.39, 0.29) is 0 Å². The van der Waals surface area contributed by atoms with Gasteiger partial charge in [-0.1, -0.05) is 23.7 Å². The van der Waals surface area contributed by atoms with Crippen LogP contribution >= 0.6 is 11.6 Å². The highest BCUT2D eigenvalue weighted by Crippen LogP contribution is 2.28. The molecule has 0 aliphatic carbocycles. The molecule has 0 atom stereocenters. The van der Waals surface area contributed by atoms with Crippen LogP contribution < -0.4 is 5.32 Å². The number of hydrogen-bond acceptors (Lipinski definition) is 1. The van der Waals surface area contributed by atoms with Crippen LogP contribution in [0.5, 0.6) is 0 Å². The Kier molecular flexibility index (Phi) is 4.08. The highest BCUT2D eigenvalue weighted by Gasteiger charge is 2.09. The Morgan fingerprint density at radius 1 is 1.35 bits per heavy atom. The number of rotatable bonds is 5. The second-order valence-electron chi connectivity index (χ2n) is 4.28. The molecule has 0 amide bonds. The first-order chi connectivity index (χ1) is 8.27. The zero-order chi connectivity index (χ0) is 12.3. The SMILES string of the molecule is CCn1cc(CCCNC)c2cccc(Cl)c21. The van der Waals surface area contributed by atoms with Gasteiger partial charge in [-0.2, -0.15) is 0 Å². The molecule has 17 heavy (non-hydrogen) atoms. The molecular formula is C14H19ClN2. The molecule has 0 aliphatic heterocycles. The van der Waals surface area contributed by atoms with Crippen molar-refractivity contribution < 1.29 is 0 Å². The smallest absolute Gasteiger partial charge is 0.0672 e. The molecule has 2 aromatic rings. The first-order valence-electron chi connectivity index (χ1n) is 6.18. The molecule has 0 unspecified atom stereocenters. The van der Waals surface area contributed by atoms with Crippen molar-refractivity contribution in [2.75, 3.05) is 13.6 Å². The molecule has 1 aromatic heterocycles. The molecule has 0 bridgehead atoms. The number of hydrogen-bond donors (Lipinski definition) is 1. The summed E-state index contributed by atoms with van der Waals surface area (Å²) in [7, 11) is 1.99. The second-order valence-corrected chi connectivity index (χ2v) is 4.69. The Morgan fingerprint density at radius 3 is 2.88 bits per heavy atom. The molecule has 0 saturated carbocycles. The maximum atomic E-state index is 6.28. The predicted octanol–water partition coefficient (Wildman–Crippen LogP) is 3.47. The van der Waals surface area contributed by atoms with E-state index in [4.69, 9.17) is 11.6 Å². The largest absolute Gasteiger partial charge is 0.346 e. The van der Waals surface area contributed by atoms with Crippen molar-refractivity contribution in [3.8, 4) is 0 Å². The van der Waals surface area contributed by atoms with Gasteiger partial charge in [-0.05, 0) is 45.0 Å². The summed E-state index contributed by atoms with van der Waals surface area (Å²) in [6, 6.07) is 6.17. The van der Waals surface area contributed by atoms with E-state index in [9.17, 15) is 0 Å². The van der Waals surface area contributed by atoms with Gasteiger partial charge < -0.3 is 9.88 Å². The second kappa shape index (κ2) is 5.56. The lowest BCUT2D eigenvalue weighted by atomic mass is 10.1. The van der Waals surface area contributed by atoms with Crippen LogP contribution in [0.2, 0.25) is 5.02 Å². The quantitative estimate of drug-likeness (QED) is 0.805. The lowest BCUT2D eigenvalue weighted by Crippen LogP contribution is -2.08. The average molecular weight is 251 g/mol. The summed E-state index contributed by atoms with van der Waals surface area (Å²) in [4.78, 5) is 0. The maximum absolute atomic E-state index is 6.28. The standard InChI is InChI=1S/C14H19ClN2/c1-3-17-10-11(6-5-9-16-2)12-7-4-8-13(15)14(12)17/h4,7-8,10,16H,3,5-6,9H2,1-2H3. The molecule has 1 heterocycles. The fraction of sp³-hybridized carbons (Fsp3) is 0.429. The molecule has 0 fully saturated rings. The van der Waals surface area contributed by atoms with Crippen molar-refractivity contribution in [3.05, 3.63) is 35.0 Å². The van der Waals surface area contributed by atoms with Gasteiger partial charge in [0.25, 0.3) is 0 Å². The zero-order valence-electron chi connectivity index (χ0n) is 10.5. The topological polar surface area (TPSA) is 17.0 Å². The predicted molar refractivity (Wildman–Crippen MR) is 74.9 cm³/mol. The van der Waals surface area contributed by atoms with Gasteiger partial charge >= 0.3 is 0 Å². The highest BCUT2D eigenvalue weighted by atomic mass is 35.5. The fourth-order valence-corrected chi connectivity index (χ4v) is 2.58. The summed E-state index contributed by atoms with van der Waals surface area (Å²) in [5, 5.41) is 5.34. The third-order valence-electron chi connectivity index (χ3n) is 3.15. The zero-order valence-corrected chi connectivity index (χ0v) is 11.2. The van der Waals surface area contributed by atoms with Crippen LogP contribution in [0.15, 0.2) is 24.4 Å². The van der Waals surface area contributed by atoms with Gasteiger partial charge in [-0.15, -0.1) is 0 Å². The summed E-state index contributed by atoms with van der Waals surface area (Å²) >= 11 is 6.28. The van der Waals surface area contributed by atoms with E-state index in [2.05, 4.69) is 29.1 Å². The molecule has 92 valence electrons. The number of aryl methyl sites for hydroxylation is 2. The monoisotopic (exact) mass is 250 g/mol. The fourth-order valence-electron chi connectivity index (χ4n) is 2.29. The molecule has 2 rings (SSSR count). The number of nitrogens with one attached hydrogen (secondary N) is 1. The average Bonchev–Trinajstić information content (AvgIpc) is 2.70. The van der Waals surface area contributed by atoms with E-state index >= 15 is 0 Å². The van der Waals surface area contributed by atoms with Gasteiger partial charge in [0.2, 0.25) is 0 Å². The van der Waals surface area contributed by atoms with Gasteiger partial charge in [0.15, 0.2) is 0 Å². The number of halogens is 1. The normalized spacial score (nSPS) is 11.2. The van der Waals surface area contributed by atoms with E-state index in [1.54, 1.807) is 0 Å². The van der Waals surface area contributed by atoms with Crippen LogP contribution in [0.25, 0.3) is 10.9 Å². The highest BCUT2D eigenvalue weighted by molar-refractivity contribution is 6.35. The van der Waals surface area contributed by atoms with Crippen LogP contribution in [-0.4, -0.2) is 18.2 Å². The minimum atomic E-state index is 0.851. The lowest BCUT2D eigenvalue weighted by Gasteiger charge is -2.01. The van der Waals surface area contributed by atoms with Crippen molar-refractivity contribution in [2.24, 2.45) is 0 Å². The van der Waals surface area contributed by atoms with Crippen molar-refractivity contribution >= 4 is 22.5 Å². The third-order valence-corrected chi connectivity index (χ3v) is 3.45. The Morgan fingerprint density at radius 2 is 2.18 bits per heavy atom. The van der Waals surface area contributed by atoms with Crippen molar-refractivity contribution in [3.63, 3.8) is 0 Å². The first-order valence-corrected chi connectivity index (χ1v) is 6.56. The Hall–Kier alpha value is -0.990. The van der Waals surface area contributed by atoms with Gasteiger partial charge in [0.1, 0.15) is 0 Å². The van der Waals surface area contributed by atoms with Gasteiger partial charge in [0, 0.05) is 18.1 Å². The van der Waals surface area contributed by atoms with Crippen molar-refractivity contribution in [1.82, 2.24) is 9.88 Å². The van der Waals surface area contributed by atoms with Crippen molar-refractivity contribution in [2.45, 2.75) is 26.3 Å². The molecule has 1 N–H and O–H groups in total. The van der Waals surface area contributed by atoms with Crippen LogP contribution in [0, 0.1) is 0 Å². The van der Waals surface area contributed by atoms with Gasteiger partial charge in [-0.3, -0.25) is 0 Å². The first kappa shape index (κ1) is 12.5. The van der Waals surface area contributed by atoms with E-state index in [0.717, 1.165) is 31.0 Å². The number of fused-ring (bicyclic) bond motifs is 1. The minimum Gasteiger partial charge on any atom is -0.346 e. The molecule has 0 spiro atoms. The number of aromatic nitrogens is 1. The van der Waals surface area contributed by atoms with E-state index in [0.29, 0.717) is 0 Å². The maximum Gasteiger partial charge on any atom is 0.0672 e. The summed E-state index contributed by atoms with van der Waals surface area (Å²) in [6.45, 7) is 4.17. The summed E-state index contributed by atoms with van der Waals surface area (Å²) < 4.78 is 2.24. The summed E-state index contributed by atoms with van der Waals surface area (Å²) in [6.07, 6.45) is 4.50. The van der Waals surface area contributed by atoms with Crippen LogP contribution in [0.1, 0.15) is 18.9 Å². The Balaban J connectivity index is 2.39. The van der Waals surface area contributed by atoms with E-state index in [1.807, 2.05) is 19.2 Å². The molecule has 1 aromatic carbocycles. The van der Waals surface area contributed by atoms with Crippen molar-refractivity contribution in [1.29, 1.82) is 0 Å². The van der Waals surface area contributed by atoms with E-state index < -0.39 is 0 Å². The van der Waals surface area contributed by atoms with Gasteiger partial charge in [-0.25, -0.2) is 0 Å². The van der Waals surface area contributed by atoms with Gasteiger partial charge in [0.05, 0.1) is 10.5 Å². The Labute approximate surface area is 108 Å². The minimum absolute atomic E-state index is 0.851. The number of benzene rings is 1. The molecule has 3 heteroatoms. The molecule has 0 saturated heterocycles. The van der Waals surface area contributed by atoms with Crippen LogP contribution in [-0.2, 0) is 13.0 Å². The molecule has 0 aliphatic rings. The molecule has 0 radical (unpaired) electrons. The third kappa shape index (κ3) is 2.48. The van der Waals surface area contributed by atoms with E-state index in [1.165, 1.54) is 16.5 Å². The summed E-state index contributed by atoms with van der Waals surface area (Å²) in [5.41, 5.74) is 2.58. The van der Waals surface area contributed by atoms with Crippen LogP contribution in [0.4, 0.5) is 0 Å². The number of nitrogens with zero attached hydrogens (tertiary/aromatic N) is 1. The lowest BCUT2D eigenvalue weighted by molar-refractivity contribution is 0.721.